The van der Waals surface area contributed by atoms with E-state index < -0.39 is 6.10 Å². The molecule has 0 aliphatic carbocycles. The number of rotatable bonds is 4. The van der Waals surface area contributed by atoms with E-state index in [9.17, 15) is 9.90 Å². The largest absolute Gasteiger partial charge is 0.387 e. The zero-order valence-electron chi connectivity index (χ0n) is 11.7. The van der Waals surface area contributed by atoms with Crippen LogP contribution in [-0.4, -0.2) is 22.1 Å². The molecule has 2 N–H and O–H groups in total. The van der Waals surface area contributed by atoms with Crippen LogP contribution in [0.3, 0.4) is 0 Å². The number of halogens is 2. The Morgan fingerprint density at radius 1 is 1.36 bits per heavy atom. The van der Waals surface area contributed by atoms with Gasteiger partial charge in [-0.25, -0.2) is 0 Å². The van der Waals surface area contributed by atoms with Crippen LogP contribution in [0.5, 0.6) is 0 Å². The molecule has 1 amide bonds. The third kappa shape index (κ3) is 3.80. The highest BCUT2D eigenvalue weighted by Crippen LogP contribution is 2.23. The molecule has 5 nitrogen and oxygen atoms in total. The highest BCUT2D eigenvalue weighted by molar-refractivity contribution is 6.34. The van der Waals surface area contributed by atoms with Gasteiger partial charge in [0.25, 0.3) is 5.91 Å². The van der Waals surface area contributed by atoms with Crippen molar-refractivity contribution >= 4 is 29.1 Å². The molecule has 0 fully saturated rings. The minimum atomic E-state index is -0.934. The van der Waals surface area contributed by atoms with Gasteiger partial charge < -0.3 is 15.0 Å². The maximum Gasteiger partial charge on any atom is 0.268 e. The van der Waals surface area contributed by atoms with Crippen LogP contribution in [-0.2, 0) is 7.05 Å². The van der Waals surface area contributed by atoms with Crippen molar-refractivity contribution in [2.24, 2.45) is 7.05 Å². The number of carbonyl (C=O) groups excluding carboxylic acids is 1. The van der Waals surface area contributed by atoms with Crippen LogP contribution in [0.25, 0.3) is 0 Å². The van der Waals surface area contributed by atoms with Crippen LogP contribution >= 0.6 is 23.2 Å². The smallest absolute Gasteiger partial charge is 0.268 e. The second kappa shape index (κ2) is 6.84. The van der Waals surface area contributed by atoms with E-state index >= 15 is 0 Å². The molecule has 1 unspecified atom stereocenters. The molecular formula is C15H13Cl2N3O2. The first-order valence-corrected chi connectivity index (χ1v) is 7.15. The number of nitrogens with zero attached hydrogens (tertiary/aromatic N) is 2. The zero-order valence-corrected chi connectivity index (χ0v) is 13.2. The molecule has 0 bridgehead atoms. The number of amides is 1. The molecule has 1 aromatic carbocycles. The van der Waals surface area contributed by atoms with Crippen molar-refractivity contribution in [1.82, 2.24) is 9.88 Å². The summed E-state index contributed by atoms with van der Waals surface area (Å²) in [5.41, 5.74) is 1.25. The summed E-state index contributed by atoms with van der Waals surface area (Å²) in [4.78, 5) is 12.1. The monoisotopic (exact) mass is 337 g/mol. The normalized spacial score (nSPS) is 11.8. The molecule has 0 radical (unpaired) electrons. The SMILES string of the molecule is Cn1cc(C#N)cc1C(=O)NCC(O)c1cc(Cl)cc(Cl)c1. The van der Waals surface area contributed by atoms with Gasteiger partial charge in [-0.1, -0.05) is 23.2 Å². The van der Waals surface area contributed by atoms with Crippen molar-refractivity contribution in [3.63, 3.8) is 0 Å². The fraction of sp³-hybridized carbons (Fsp3) is 0.200. The number of aromatic nitrogens is 1. The van der Waals surface area contributed by atoms with Crippen molar-refractivity contribution in [1.29, 1.82) is 5.26 Å². The first kappa shape index (κ1) is 16.4. The number of aliphatic hydroxyl groups is 1. The number of aryl methyl sites for hydroxylation is 1. The van der Waals surface area contributed by atoms with E-state index in [4.69, 9.17) is 28.5 Å². The van der Waals surface area contributed by atoms with Gasteiger partial charge in [-0.15, -0.1) is 0 Å². The summed E-state index contributed by atoms with van der Waals surface area (Å²) >= 11 is 11.8. The van der Waals surface area contributed by atoms with Gasteiger partial charge in [0, 0.05) is 29.8 Å². The molecule has 1 atom stereocenters. The second-order valence-electron chi connectivity index (χ2n) is 4.77. The lowest BCUT2D eigenvalue weighted by Gasteiger charge is -2.13. The summed E-state index contributed by atoms with van der Waals surface area (Å²) in [6.45, 7) is 0.00255. The Bertz CT molecular complexity index is 729. The van der Waals surface area contributed by atoms with E-state index in [-0.39, 0.29) is 12.5 Å². The molecule has 2 aromatic rings. The Kier molecular flexibility index (Phi) is 5.09. The molecule has 0 saturated carbocycles. The number of hydrogen-bond acceptors (Lipinski definition) is 3. The highest BCUT2D eigenvalue weighted by atomic mass is 35.5. The van der Waals surface area contributed by atoms with E-state index in [1.807, 2.05) is 6.07 Å². The van der Waals surface area contributed by atoms with Gasteiger partial charge in [-0.05, 0) is 29.8 Å². The molecule has 114 valence electrons. The van der Waals surface area contributed by atoms with Crippen molar-refractivity contribution in [3.8, 4) is 6.07 Å². The molecular weight excluding hydrogens is 325 g/mol. The van der Waals surface area contributed by atoms with E-state index in [2.05, 4.69) is 5.32 Å². The molecule has 0 saturated heterocycles. The molecule has 0 aliphatic heterocycles. The van der Waals surface area contributed by atoms with Crippen LogP contribution < -0.4 is 5.32 Å². The third-order valence-electron chi connectivity index (χ3n) is 3.09. The molecule has 0 aliphatic rings. The summed E-state index contributed by atoms with van der Waals surface area (Å²) in [6, 6.07) is 8.18. The Morgan fingerprint density at radius 3 is 2.55 bits per heavy atom. The molecule has 22 heavy (non-hydrogen) atoms. The average Bonchev–Trinajstić information content (AvgIpc) is 2.84. The molecule has 7 heteroatoms. The van der Waals surface area contributed by atoms with Gasteiger partial charge in [-0.3, -0.25) is 4.79 Å². The standard InChI is InChI=1S/C15H13Cl2N3O2/c1-20-8-9(6-18)2-13(20)15(22)19-7-14(21)10-3-11(16)5-12(17)4-10/h2-5,8,14,21H,7H2,1H3,(H,19,22). The second-order valence-corrected chi connectivity index (χ2v) is 5.64. The fourth-order valence-corrected chi connectivity index (χ4v) is 2.56. The maximum absolute atomic E-state index is 12.1. The lowest BCUT2D eigenvalue weighted by Crippen LogP contribution is -2.29. The van der Waals surface area contributed by atoms with Gasteiger partial charge in [0.15, 0.2) is 0 Å². The molecule has 2 rings (SSSR count). The van der Waals surface area contributed by atoms with Gasteiger partial charge in [0.2, 0.25) is 0 Å². The average molecular weight is 338 g/mol. The Morgan fingerprint density at radius 2 is 2.00 bits per heavy atom. The molecule has 1 heterocycles. The number of aliphatic hydroxyl groups excluding tert-OH is 1. The minimum absolute atomic E-state index is 0.00255. The van der Waals surface area contributed by atoms with Crippen LogP contribution in [0, 0.1) is 11.3 Å². The van der Waals surface area contributed by atoms with Gasteiger partial charge in [0.05, 0.1) is 11.7 Å². The van der Waals surface area contributed by atoms with Gasteiger partial charge >= 0.3 is 0 Å². The molecule has 1 aromatic heterocycles. The van der Waals surface area contributed by atoms with Crippen molar-refractivity contribution in [3.05, 3.63) is 57.3 Å². The van der Waals surface area contributed by atoms with E-state index in [1.165, 1.54) is 6.07 Å². The Balaban J connectivity index is 2.04. The predicted octanol–water partition coefficient (Wildman–Crippen LogP) is 2.67. The maximum atomic E-state index is 12.1. The number of benzene rings is 1. The van der Waals surface area contributed by atoms with Crippen molar-refractivity contribution in [2.75, 3.05) is 6.54 Å². The van der Waals surface area contributed by atoms with Crippen LogP contribution in [0.1, 0.15) is 27.7 Å². The molecule has 0 spiro atoms. The number of nitriles is 1. The minimum Gasteiger partial charge on any atom is -0.387 e. The van der Waals surface area contributed by atoms with Gasteiger partial charge in [0.1, 0.15) is 11.8 Å². The summed E-state index contributed by atoms with van der Waals surface area (Å²) < 4.78 is 1.55. The Labute approximate surface area is 137 Å². The Hall–Kier alpha value is -2.00. The summed E-state index contributed by atoms with van der Waals surface area (Å²) in [5.74, 6) is -0.379. The summed E-state index contributed by atoms with van der Waals surface area (Å²) in [6.07, 6.45) is 0.623. The lowest BCUT2D eigenvalue weighted by atomic mass is 10.1. The van der Waals surface area contributed by atoms with E-state index in [1.54, 1.807) is 36.0 Å². The summed E-state index contributed by atoms with van der Waals surface area (Å²) in [7, 11) is 1.67. The quantitative estimate of drug-likeness (QED) is 0.900. The summed E-state index contributed by atoms with van der Waals surface area (Å²) in [5, 5.41) is 22.3. The van der Waals surface area contributed by atoms with E-state index in [0.717, 1.165) is 0 Å². The number of carbonyl (C=O) groups is 1. The van der Waals surface area contributed by atoms with E-state index in [0.29, 0.717) is 26.9 Å². The van der Waals surface area contributed by atoms with Gasteiger partial charge in [-0.2, -0.15) is 5.26 Å². The van der Waals surface area contributed by atoms with Crippen molar-refractivity contribution < 1.29 is 9.90 Å². The van der Waals surface area contributed by atoms with Crippen LogP contribution in [0.4, 0.5) is 0 Å². The lowest BCUT2D eigenvalue weighted by molar-refractivity contribution is 0.0908. The van der Waals surface area contributed by atoms with Crippen molar-refractivity contribution in [2.45, 2.75) is 6.10 Å². The van der Waals surface area contributed by atoms with Crippen LogP contribution in [0.15, 0.2) is 30.5 Å². The topological polar surface area (TPSA) is 78.0 Å². The third-order valence-corrected chi connectivity index (χ3v) is 3.53. The fourth-order valence-electron chi connectivity index (χ4n) is 2.02. The highest BCUT2D eigenvalue weighted by Gasteiger charge is 2.15. The predicted molar refractivity (Wildman–Crippen MR) is 83.9 cm³/mol. The zero-order chi connectivity index (χ0) is 16.3. The first-order valence-electron chi connectivity index (χ1n) is 6.39. The number of nitrogens with one attached hydrogen (secondary N) is 1. The first-order chi connectivity index (χ1) is 10.4. The van der Waals surface area contributed by atoms with Crippen LogP contribution in [0.2, 0.25) is 10.0 Å². The number of hydrogen-bond donors (Lipinski definition) is 2.